The molecule has 1 aliphatic carbocycles. The van der Waals surface area contributed by atoms with E-state index in [0.717, 1.165) is 23.3 Å². The summed E-state index contributed by atoms with van der Waals surface area (Å²) in [5.41, 5.74) is 8.69. The molecule has 1 heterocycles. The number of piperidine rings is 1. The first kappa shape index (κ1) is 15.2. The molecule has 21 heavy (non-hydrogen) atoms. The van der Waals surface area contributed by atoms with E-state index < -0.39 is 0 Å². The highest BCUT2D eigenvalue weighted by Gasteiger charge is 2.31. The predicted molar refractivity (Wildman–Crippen MR) is 91.1 cm³/mol. The standard InChI is InChI=1S/C18H27ClN2/c1-13(20)10-16-11-17(19)6-7-18(16)21-9-8-14-4-2-3-5-15(14)12-21/h6-7,11,13-15H,2-5,8-10,12,20H2,1H3. The number of anilines is 1. The number of halogens is 1. The summed E-state index contributed by atoms with van der Waals surface area (Å²) in [5, 5.41) is 0.821. The van der Waals surface area contributed by atoms with Crippen LogP contribution in [-0.2, 0) is 6.42 Å². The van der Waals surface area contributed by atoms with Crippen molar-refractivity contribution in [1.82, 2.24) is 0 Å². The van der Waals surface area contributed by atoms with Crippen LogP contribution in [0.5, 0.6) is 0 Å². The van der Waals surface area contributed by atoms with Crippen molar-refractivity contribution in [3.8, 4) is 0 Å². The monoisotopic (exact) mass is 306 g/mol. The molecule has 1 aliphatic heterocycles. The van der Waals surface area contributed by atoms with Gasteiger partial charge in [-0.15, -0.1) is 0 Å². The van der Waals surface area contributed by atoms with Crippen LogP contribution in [0.2, 0.25) is 5.02 Å². The quantitative estimate of drug-likeness (QED) is 0.904. The molecule has 2 nitrogen and oxygen atoms in total. The lowest BCUT2D eigenvalue weighted by Crippen LogP contribution is -2.42. The van der Waals surface area contributed by atoms with Crippen molar-refractivity contribution in [2.75, 3.05) is 18.0 Å². The Morgan fingerprint density at radius 3 is 2.76 bits per heavy atom. The Hall–Kier alpha value is -0.730. The number of nitrogens with zero attached hydrogens (tertiary/aromatic N) is 1. The lowest BCUT2D eigenvalue weighted by atomic mass is 9.75. The first-order chi connectivity index (χ1) is 10.1. The zero-order valence-electron chi connectivity index (χ0n) is 13.0. The van der Waals surface area contributed by atoms with Crippen molar-refractivity contribution in [3.05, 3.63) is 28.8 Å². The summed E-state index contributed by atoms with van der Waals surface area (Å²) in [5.74, 6) is 1.87. The zero-order chi connectivity index (χ0) is 14.8. The number of hydrogen-bond acceptors (Lipinski definition) is 2. The maximum absolute atomic E-state index is 6.19. The molecule has 116 valence electrons. The van der Waals surface area contributed by atoms with Crippen molar-refractivity contribution in [2.24, 2.45) is 17.6 Å². The molecule has 2 fully saturated rings. The van der Waals surface area contributed by atoms with Crippen molar-refractivity contribution in [3.63, 3.8) is 0 Å². The Morgan fingerprint density at radius 2 is 2.00 bits per heavy atom. The molecule has 0 aromatic heterocycles. The van der Waals surface area contributed by atoms with E-state index in [-0.39, 0.29) is 6.04 Å². The second-order valence-electron chi connectivity index (χ2n) is 6.99. The van der Waals surface area contributed by atoms with Crippen LogP contribution in [0.25, 0.3) is 0 Å². The second-order valence-corrected chi connectivity index (χ2v) is 7.43. The minimum absolute atomic E-state index is 0.175. The molecule has 1 saturated carbocycles. The largest absolute Gasteiger partial charge is 0.371 e. The highest BCUT2D eigenvalue weighted by atomic mass is 35.5. The third-order valence-corrected chi connectivity index (χ3v) is 5.45. The number of hydrogen-bond donors (Lipinski definition) is 1. The Morgan fingerprint density at radius 1 is 1.24 bits per heavy atom. The van der Waals surface area contributed by atoms with Gasteiger partial charge >= 0.3 is 0 Å². The molecular weight excluding hydrogens is 280 g/mol. The van der Waals surface area contributed by atoms with Crippen LogP contribution in [0.15, 0.2) is 18.2 Å². The second kappa shape index (κ2) is 6.58. The Labute approximate surface area is 133 Å². The molecule has 3 heteroatoms. The van der Waals surface area contributed by atoms with Gasteiger partial charge in [-0.05, 0) is 61.8 Å². The lowest BCUT2D eigenvalue weighted by Gasteiger charge is -2.43. The normalized spacial score (nSPS) is 27.3. The van der Waals surface area contributed by atoms with Gasteiger partial charge in [-0.1, -0.05) is 30.9 Å². The molecule has 0 bridgehead atoms. The molecule has 0 radical (unpaired) electrons. The highest BCUT2D eigenvalue weighted by Crippen LogP contribution is 2.38. The van der Waals surface area contributed by atoms with Gasteiger partial charge in [0.2, 0.25) is 0 Å². The van der Waals surface area contributed by atoms with Crippen molar-refractivity contribution < 1.29 is 0 Å². The fourth-order valence-electron chi connectivity index (χ4n) is 4.19. The Kier molecular flexibility index (Phi) is 4.75. The Balaban J connectivity index is 1.79. The maximum atomic E-state index is 6.19. The number of rotatable bonds is 3. The van der Waals surface area contributed by atoms with E-state index in [0.29, 0.717) is 0 Å². The number of fused-ring (bicyclic) bond motifs is 1. The van der Waals surface area contributed by atoms with E-state index in [1.54, 1.807) is 0 Å². The minimum atomic E-state index is 0.175. The molecule has 3 rings (SSSR count). The van der Waals surface area contributed by atoms with E-state index in [1.807, 2.05) is 6.07 Å². The summed E-state index contributed by atoms with van der Waals surface area (Å²) in [4.78, 5) is 2.58. The molecule has 3 atom stereocenters. The summed E-state index contributed by atoms with van der Waals surface area (Å²) in [6.07, 6.45) is 7.98. The number of nitrogens with two attached hydrogens (primary N) is 1. The van der Waals surface area contributed by atoms with E-state index >= 15 is 0 Å². The molecule has 1 saturated heterocycles. The predicted octanol–water partition coefficient (Wildman–Crippen LogP) is 4.25. The average molecular weight is 307 g/mol. The van der Waals surface area contributed by atoms with E-state index in [2.05, 4.69) is 24.0 Å². The van der Waals surface area contributed by atoms with Crippen molar-refractivity contribution in [1.29, 1.82) is 0 Å². The van der Waals surface area contributed by atoms with Crippen LogP contribution in [0, 0.1) is 11.8 Å². The molecular formula is C18H27ClN2. The van der Waals surface area contributed by atoms with Gasteiger partial charge in [0.15, 0.2) is 0 Å². The molecule has 1 aromatic carbocycles. The zero-order valence-corrected chi connectivity index (χ0v) is 13.8. The van der Waals surface area contributed by atoms with Crippen LogP contribution >= 0.6 is 11.6 Å². The van der Waals surface area contributed by atoms with Gasteiger partial charge in [0.25, 0.3) is 0 Å². The first-order valence-electron chi connectivity index (χ1n) is 8.42. The third-order valence-electron chi connectivity index (χ3n) is 5.22. The van der Waals surface area contributed by atoms with Gasteiger partial charge in [-0.25, -0.2) is 0 Å². The van der Waals surface area contributed by atoms with Gasteiger partial charge in [0, 0.05) is 29.8 Å². The maximum Gasteiger partial charge on any atom is 0.0410 e. The molecule has 0 amide bonds. The summed E-state index contributed by atoms with van der Waals surface area (Å²) >= 11 is 6.19. The molecule has 3 unspecified atom stereocenters. The van der Waals surface area contributed by atoms with E-state index in [1.165, 1.54) is 56.4 Å². The molecule has 0 spiro atoms. The summed E-state index contributed by atoms with van der Waals surface area (Å²) < 4.78 is 0. The summed E-state index contributed by atoms with van der Waals surface area (Å²) in [7, 11) is 0. The first-order valence-corrected chi connectivity index (χ1v) is 8.80. The van der Waals surface area contributed by atoms with E-state index in [4.69, 9.17) is 17.3 Å². The van der Waals surface area contributed by atoms with Gasteiger partial charge < -0.3 is 10.6 Å². The average Bonchev–Trinajstić information content (AvgIpc) is 2.46. The highest BCUT2D eigenvalue weighted by molar-refractivity contribution is 6.30. The van der Waals surface area contributed by atoms with Gasteiger partial charge in [0.05, 0.1) is 0 Å². The summed E-state index contributed by atoms with van der Waals surface area (Å²) in [6, 6.07) is 6.50. The topological polar surface area (TPSA) is 29.3 Å². The summed E-state index contributed by atoms with van der Waals surface area (Å²) in [6.45, 7) is 4.48. The van der Waals surface area contributed by atoms with Crippen molar-refractivity contribution in [2.45, 2.75) is 51.5 Å². The minimum Gasteiger partial charge on any atom is -0.371 e. The van der Waals surface area contributed by atoms with Gasteiger partial charge in [0.1, 0.15) is 0 Å². The Bertz CT molecular complexity index is 486. The number of benzene rings is 1. The van der Waals surface area contributed by atoms with Gasteiger partial charge in [-0.2, -0.15) is 0 Å². The van der Waals surface area contributed by atoms with Crippen LogP contribution in [0.1, 0.15) is 44.6 Å². The smallest absolute Gasteiger partial charge is 0.0410 e. The van der Waals surface area contributed by atoms with Crippen LogP contribution < -0.4 is 10.6 Å². The van der Waals surface area contributed by atoms with Crippen LogP contribution in [0.4, 0.5) is 5.69 Å². The molecule has 2 aliphatic rings. The fourth-order valence-corrected chi connectivity index (χ4v) is 4.39. The fraction of sp³-hybridized carbons (Fsp3) is 0.667. The van der Waals surface area contributed by atoms with Crippen LogP contribution in [-0.4, -0.2) is 19.1 Å². The SMILES string of the molecule is CC(N)Cc1cc(Cl)ccc1N1CCC2CCCCC2C1. The molecule has 1 aromatic rings. The molecule has 2 N–H and O–H groups in total. The van der Waals surface area contributed by atoms with Gasteiger partial charge in [-0.3, -0.25) is 0 Å². The lowest BCUT2D eigenvalue weighted by molar-refractivity contribution is 0.202. The van der Waals surface area contributed by atoms with E-state index in [9.17, 15) is 0 Å². The third kappa shape index (κ3) is 3.54. The van der Waals surface area contributed by atoms with Crippen LogP contribution in [0.3, 0.4) is 0 Å². The van der Waals surface area contributed by atoms with Crippen molar-refractivity contribution >= 4 is 17.3 Å².